The lowest BCUT2D eigenvalue weighted by Crippen LogP contribution is -2.27. The van der Waals surface area contributed by atoms with Crippen LogP contribution in [0.5, 0.6) is 11.5 Å². The van der Waals surface area contributed by atoms with Crippen molar-refractivity contribution in [2.45, 2.75) is 25.8 Å². The number of hydrogen-bond acceptors (Lipinski definition) is 4. The summed E-state index contributed by atoms with van der Waals surface area (Å²) in [7, 11) is 3.06. The van der Waals surface area contributed by atoms with Gasteiger partial charge in [-0.3, -0.25) is 4.79 Å². The molecule has 1 aromatic carbocycles. The Bertz CT molecular complexity index is 397. The van der Waals surface area contributed by atoms with Gasteiger partial charge < -0.3 is 20.5 Å². The molecule has 1 amide bonds. The first-order valence-corrected chi connectivity index (χ1v) is 6.35. The van der Waals surface area contributed by atoms with E-state index in [-0.39, 0.29) is 11.9 Å². The van der Waals surface area contributed by atoms with Gasteiger partial charge in [-0.15, -0.1) is 0 Å². The van der Waals surface area contributed by atoms with E-state index >= 15 is 0 Å². The van der Waals surface area contributed by atoms with Crippen LogP contribution in [0.15, 0.2) is 18.2 Å². The van der Waals surface area contributed by atoms with Crippen LogP contribution in [0, 0.1) is 0 Å². The van der Waals surface area contributed by atoms with E-state index < -0.39 is 0 Å². The van der Waals surface area contributed by atoms with E-state index in [9.17, 15) is 4.79 Å². The molecular formula is C14H22N2O3. The van der Waals surface area contributed by atoms with Gasteiger partial charge in [-0.1, -0.05) is 6.07 Å². The highest BCUT2D eigenvalue weighted by Gasteiger charge is 2.17. The Morgan fingerprint density at radius 2 is 1.89 bits per heavy atom. The monoisotopic (exact) mass is 266 g/mol. The van der Waals surface area contributed by atoms with Crippen LogP contribution in [-0.4, -0.2) is 32.7 Å². The molecule has 0 saturated heterocycles. The predicted molar refractivity (Wildman–Crippen MR) is 74.8 cm³/mol. The number of carbonyl (C=O) groups excluding carboxylic acids is 1. The summed E-state index contributed by atoms with van der Waals surface area (Å²) in [6.07, 6.45) is 1.73. The zero-order valence-corrected chi connectivity index (χ0v) is 11.7. The predicted octanol–water partition coefficient (Wildman–Crippen LogP) is 1.56. The van der Waals surface area contributed by atoms with E-state index in [1.807, 2.05) is 6.92 Å². The van der Waals surface area contributed by atoms with Gasteiger partial charge in [0.05, 0.1) is 14.2 Å². The molecule has 1 unspecified atom stereocenters. The first kappa shape index (κ1) is 15.3. The number of methoxy groups -OCH3 is 2. The molecular weight excluding hydrogens is 244 g/mol. The molecule has 0 aliphatic carbocycles. The van der Waals surface area contributed by atoms with E-state index in [4.69, 9.17) is 15.2 Å². The fourth-order valence-electron chi connectivity index (χ4n) is 1.79. The van der Waals surface area contributed by atoms with Gasteiger partial charge in [-0.2, -0.15) is 0 Å². The molecule has 1 atom stereocenters. The average Bonchev–Trinajstić information content (AvgIpc) is 2.42. The summed E-state index contributed by atoms with van der Waals surface area (Å²) in [5.74, 6) is 0.812. The molecule has 0 heterocycles. The summed E-state index contributed by atoms with van der Waals surface area (Å²) in [5.41, 5.74) is 6.08. The summed E-state index contributed by atoms with van der Waals surface area (Å²) < 4.78 is 10.4. The van der Waals surface area contributed by atoms with Crippen LogP contribution in [0.2, 0.25) is 0 Å². The highest BCUT2D eigenvalue weighted by atomic mass is 16.5. The lowest BCUT2D eigenvalue weighted by atomic mass is 10.1. The maximum atomic E-state index is 12.1. The zero-order chi connectivity index (χ0) is 14.3. The van der Waals surface area contributed by atoms with Gasteiger partial charge >= 0.3 is 0 Å². The molecule has 5 nitrogen and oxygen atoms in total. The van der Waals surface area contributed by atoms with Crippen LogP contribution >= 0.6 is 0 Å². The van der Waals surface area contributed by atoms with Gasteiger partial charge in [0.15, 0.2) is 0 Å². The van der Waals surface area contributed by atoms with Crippen molar-refractivity contribution >= 4 is 5.91 Å². The maximum Gasteiger partial charge on any atom is 0.258 e. The van der Waals surface area contributed by atoms with Crippen molar-refractivity contribution < 1.29 is 14.3 Å². The van der Waals surface area contributed by atoms with Crippen molar-refractivity contribution in [1.29, 1.82) is 0 Å². The standard InChI is InChI=1S/C14H22N2O3/c1-10(15)6-5-9-16-14(17)13-11(18-2)7-4-8-12(13)19-3/h4,7-8,10H,5-6,9,15H2,1-3H3,(H,16,17). The zero-order valence-electron chi connectivity index (χ0n) is 11.7. The second-order valence-electron chi connectivity index (χ2n) is 4.41. The average molecular weight is 266 g/mol. The minimum Gasteiger partial charge on any atom is -0.496 e. The van der Waals surface area contributed by atoms with Crippen LogP contribution in [0.4, 0.5) is 0 Å². The fraction of sp³-hybridized carbons (Fsp3) is 0.500. The van der Waals surface area contributed by atoms with Crippen LogP contribution < -0.4 is 20.5 Å². The highest BCUT2D eigenvalue weighted by Crippen LogP contribution is 2.27. The third-order valence-corrected chi connectivity index (χ3v) is 2.78. The van der Waals surface area contributed by atoms with Crippen molar-refractivity contribution in [3.05, 3.63) is 23.8 Å². The molecule has 0 fully saturated rings. The van der Waals surface area contributed by atoms with Crippen LogP contribution in [-0.2, 0) is 0 Å². The summed E-state index contributed by atoms with van der Waals surface area (Å²) in [6.45, 7) is 2.53. The molecule has 0 aromatic heterocycles. The van der Waals surface area contributed by atoms with E-state index in [1.165, 1.54) is 14.2 Å². The second-order valence-corrected chi connectivity index (χ2v) is 4.41. The summed E-state index contributed by atoms with van der Waals surface area (Å²) in [5, 5.41) is 2.85. The number of nitrogens with one attached hydrogen (secondary N) is 1. The fourth-order valence-corrected chi connectivity index (χ4v) is 1.79. The van der Waals surface area contributed by atoms with Gasteiger partial charge in [0.2, 0.25) is 0 Å². The minimum atomic E-state index is -0.195. The van der Waals surface area contributed by atoms with Crippen molar-refractivity contribution in [1.82, 2.24) is 5.32 Å². The normalized spacial score (nSPS) is 11.8. The topological polar surface area (TPSA) is 73.6 Å². The molecule has 0 spiro atoms. The maximum absolute atomic E-state index is 12.1. The Morgan fingerprint density at radius 1 is 1.32 bits per heavy atom. The molecule has 106 valence electrons. The number of ether oxygens (including phenoxy) is 2. The Hall–Kier alpha value is -1.75. The molecule has 5 heteroatoms. The molecule has 0 bridgehead atoms. The number of carbonyl (C=O) groups is 1. The highest BCUT2D eigenvalue weighted by molar-refractivity contribution is 5.99. The molecule has 0 aliphatic rings. The molecule has 3 N–H and O–H groups in total. The van der Waals surface area contributed by atoms with Crippen molar-refractivity contribution in [3.8, 4) is 11.5 Å². The summed E-state index contributed by atoms with van der Waals surface area (Å²) in [4.78, 5) is 12.1. The minimum absolute atomic E-state index is 0.151. The Labute approximate surface area is 114 Å². The lowest BCUT2D eigenvalue weighted by Gasteiger charge is -2.13. The van der Waals surface area contributed by atoms with Gasteiger partial charge in [0.1, 0.15) is 17.1 Å². The van der Waals surface area contributed by atoms with Crippen molar-refractivity contribution in [2.24, 2.45) is 5.73 Å². The molecule has 0 aliphatic heterocycles. The molecule has 19 heavy (non-hydrogen) atoms. The van der Waals surface area contributed by atoms with Crippen LogP contribution in [0.3, 0.4) is 0 Å². The van der Waals surface area contributed by atoms with E-state index in [0.29, 0.717) is 23.6 Å². The van der Waals surface area contributed by atoms with E-state index in [0.717, 1.165) is 12.8 Å². The molecule has 0 radical (unpaired) electrons. The first-order valence-electron chi connectivity index (χ1n) is 6.35. The van der Waals surface area contributed by atoms with Crippen LogP contribution in [0.25, 0.3) is 0 Å². The van der Waals surface area contributed by atoms with Gasteiger partial charge in [0, 0.05) is 12.6 Å². The van der Waals surface area contributed by atoms with Gasteiger partial charge in [-0.25, -0.2) is 0 Å². The smallest absolute Gasteiger partial charge is 0.258 e. The lowest BCUT2D eigenvalue weighted by molar-refractivity contribution is 0.0946. The van der Waals surface area contributed by atoms with E-state index in [1.54, 1.807) is 18.2 Å². The third-order valence-electron chi connectivity index (χ3n) is 2.78. The number of hydrogen-bond donors (Lipinski definition) is 2. The molecule has 1 rings (SSSR count). The number of amides is 1. The summed E-state index contributed by atoms with van der Waals surface area (Å²) >= 11 is 0. The Balaban J connectivity index is 2.70. The second kappa shape index (κ2) is 7.63. The number of benzene rings is 1. The van der Waals surface area contributed by atoms with Gasteiger partial charge in [-0.05, 0) is 31.9 Å². The first-order chi connectivity index (χ1) is 9.10. The van der Waals surface area contributed by atoms with E-state index in [2.05, 4.69) is 5.32 Å². The molecule has 0 saturated carbocycles. The third kappa shape index (κ3) is 4.44. The largest absolute Gasteiger partial charge is 0.496 e. The van der Waals surface area contributed by atoms with Crippen molar-refractivity contribution in [2.75, 3.05) is 20.8 Å². The van der Waals surface area contributed by atoms with Gasteiger partial charge in [0.25, 0.3) is 5.91 Å². The number of nitrogens with two attached hydrogens (primary N) is 1. The van der Waals surface area contributed by atoms with Crippen LogP contribution in [0.1, 0.15) is 30.1 Å². The Morgan fingerprint density at radius 3 is 2.37 bits per heavy atom. The van der Waals surface area contributed by atoms with Crippen molar-refractivity contribution in [3.63, 3.8) is 0 Å². The number of rotatable bonds is 7. The molecule has 1 aromatic rings. The summed E-state index contributed by atoms with van der Waals surface area (Å²) in [6, 6.07) is 5.40. The SMILES string of the molecule is COc1cccc(OC)c1C(=O)NCCCC(C)N. The quantitative estimate of drug-likeness (QED) is 0.735. The Kier molecular flexibility index (Phi) is 6.15.